The first kappa shape index (κ1) is 32.5. The largest absolute Gasteiger partial charge is 0.355 e. The summed E-state index contributed by atoms with van der Waals surface area (Å²) in [6.45, 7) is 9.33. The van der Waals surface area contributed by atoms with Crippen LogP contribution in [-0.2, 0) is 25.7 Å². The Labute approximate surface area is 322 Å². The minimum atomic E-state index is 0.0522. The summed E-state index contributed by atoms with van der Waals surface area (Å²) in [4.78, 5) is 22.1. The topological polar surface area (TPSA) is 75.5 Å². The van der Waals surface area contributed by atoms with Crippen molar-refractivity contribution in [3.05, 3.63) is 136 Å². The molecule has 0 saturated heterocycles. The molecule has 278 valence electrons. The Kier molecular flexibility index (Phi) is 7.01. The SMILES string of the molecule is CCc1c(CC)/c2[nH]c1=CC1=NC(/C=c3\[nH]/c(c4c3C3C=CC4CC3)=C\c3[nH]c(c4c3C3C=CC4CC3)/C=c3\[nH]/c=2c(CC)c3CC)C2=C1C1C=CC2CC1. The van der Waals surface area contributed by atoms with Crippen LogP contribution in [0.25, 0.3) is 24.3 Å². The molecule has 16 bridgehead atoms. The molecule has 7 unspecified atom stereocenters. The predicted octanol–water partition coefficient (Wildman–Crippen LogP) is 7.55. The van der Waals surface area contributed by atoms with E-state index in [1.54, 1.807) is 5.57 Å². The van der Waals surface area contributed by atoms with Crippen molar-refractivity contribution in [2.24, 2.45) is 16.8 Å². The van der Waals surface area contributed by atoms with Gasteiger partial charge in [-0.15, -0.1) is 0 Å². The van der Waals surface area contributed by atoms with Crippen molar-refractivity contribution >= 4 is 30.0 Å². The molecule has 4 aromatic heterocycles. The predicted molar refractivity (Wildman–Crippen MR) is 224 cm³/mol. The number of aliphatic imine (C=N–C) groups is 1. The molecule has 0 radical (unpaired) electrons. The zero-order chi connectivity index (χ0) is 36.7. The number of allylic oxidation sites excluding steroid dienone is 7. The van der Waals surface area contributed by atoms with E-state index in [0.29, 0.717) is 35.5 Å². The van der Waals surface area contributed by atoms with Gasteiger partial charge in [0.25, 0.3) is 0 Å². The van der Waals surface area contributed by atoms with Crippen LogP contribution < -0.4 is 21.4 Å². The summed E-state index contributed by atoms with van der Waals surface area (Å²) in [6, 6.07) is 0.0522. The highest BCUT2D eigenvalue weighted by Gasteiger charge is 2.41. The van der Waals surface area contributed by atoms with Gasteiger partial charge in [0.2, 0.25) is 0 Å². The van der Waals surface area contributed by atoms with Crippen LogP contribution in [0.3, 0.4) is 0 Å². The highest BCUT2D eigenvalue weighted by molar-refractivity contribution is 6.23. The Morgan fingerprint density at radius 2 is 0.945 bits per heavy atom. The molecule has 6 heterocycles. The Morgan fingerprint density at radius 3 is 1.49 bits per heavy atom. The van der Waals surface area contributed by atoms with Crippen LogP contribution in [-0.4, -0.2) is 31.7 Å². The lowest BCUT2D eigenvalue weighted by Gasteiger charge is -2.34. The van der Waals surface area contributed by atoms with Crippen LogP contribution in [0, 0.1) is 22.5 Å². The number of rotatable bonds is 4. The summed E-state index contributed by atoms with van der Waals surface area (Å²) >= 11 is 0. The van der Waals surface area contributed by atoms with Gasteiger partial charge in [0.05, 0.1) is 22.5 Å². The molecule has 0 spiro atoms. The van der Waals surface area contributed by atoms with Crippen LogP contribution in [0.4, 0.5) is 0 Å². The van der Waals surface area contributed by atoms with E-state index < -0.39 is 0 Å². The average Bonchev–Trinajstić information content (AvgIpc) is 4.05. The number of fused-ring (bicyclic) bond motifs is 12. The van der Waals surface area contributed by atoms with Crippen LogP contribution in [0.2, 0.25) is 0 Å². The van der Waals surface area contributed by atoms with Crippen LogP contribution in [0.1, 0.15) is 146 Å². The Bertz CT molecular complexity index is 2870. The first-order chi connectivity index (χ1) is 27.0. The van der Waals surface area contributed by atoms with Crippen LogP contribution in [0.5, 0.6) is 0 Å². The van der Waals surface area contributed by atoms with Crippen LogP contribution >= 0.6 is 0 Å². The van der Waals surface area contributed by atoms with Crippen molar-refractivity contribution in [2.75, 3.05) is 0 Å². The summed E-state index contributed by atoms with van der Waals surface area (Å²) in [5.74, 6) is 2.79. The van der Waals surface area contributed by atoms with E-state index in [1.165, 1.54) is 138 Å². The van der Waals surface area contributed by atoms with Gasteiger partial charge in [-0.2, -0.15) is 0 Å². The fourth-order valence-electron chi connectivity index (χ4n) is 12.8. The molecule has 4 aromatic rings. The molecule has 4 N–H and O–H groups in total. The van der Waals surface area contributed by atoms with Gasteiger partial charge < -0.3 is 19.9 Å². The Morgan fingerprint density at radius 1 is 0.473 bits per heavy atom. The van der Waals surface area contributed by atoms with E-state index in [2.05, 4.69) is 108 Å². The van der Waals surface area contributed by atoms with E-state index in [-0.39, 0.29) is 6.04 Å². The van der Waals surface area contributed by atoms with Gasteiger partial charge in [0, 0.05) is 68.3 Å². The minimum Gasteiger partial charge on any atom is -0.355 e. The van der Waals surface area contributed by atoms with Crippen molar-refractivity contribution in [1.82, 2.24) is 19.9 Å². The van der Waals surface area contributed by atoms with E-state index in [0.717, 1.165) is 25.7 Å². The second kappa shape index (κ2) is 11.9. The smallest absolute Gasteiger partial charge is 0.0933 e. The summed E-state index contributed by atoms with van der Waals surface area (Å²) in [5.41, 5.74) is 18.7. The number of aromatic nitrogens is 4. The molecule has 15 rings (SSSR count). The molecule has 0 fully saturated rings. The molecule has 0 aromatic carbocycles. The molecule has 5 heteroatoms. The summed E-state index contributed by atoms with van der Waals surface area (Å²) in [6.07, 6.45) is 36.3. The lowest BCUT2D eigenvalue weighted by Crippen LogP contribution is -2.28. The van der Waals surface area contributed by atoms with E-state index in [1.807, 2.05) is 0 Å². The molecule has 5 nitrogen and oxygen atoms in total. The maximum absolute atomic E-state index is 5.73. The normalized spacial score (nSPS) is 30.9. The zero-order valence-corrected chi connectivity index (χ0v) is 32.8. The molecule has 7 atom stereocenters. The third-order valence-corrected chi connectivity index (χ3v) is 15.2. The van der Waals surface area contributed by atoms with Gasteiger partial charge in [0.15, 0.2) is 0 Å². The third kappa shape index (κ3) is 4.44. The number of nitrogens with one attached hydrogen (secondary N) is 4. The van der Waals surface area contributed by atoms with Crippen molar-refractivity contribution in [3.63, 3.8) is 0 Å². The van der Waals surface area contributed by atoms with E-state index in [4.69, 9.17) is 4.99 Å². The highest BCUT2D eigenvalue weighted by atomic mass is 14.9. The minimum absolute atomic E-state index is 0.0522. The Balaban J connectivity index is 1.24. The number of nitrogens with zero attached hydrogens (tertiary/aromatic N) is 1. The summed E-state index contributed by atoms with van der Waals surface area (Å²) in [5, 5.41) is 7.65. The third-order valence-electron chi connectivity index (χ3n) is 15.2. The number of hydrogen-bond donors (Lipinski definition) is 4. The first-order valence-electron chi connectivity index (χ1n) is 21.8. The lowest BCUT2D eigenvalue weighted by molar-refractivity contribution is 0.488. The Hall–Kier alpha value is -4.77. The monoisotopic (exact) mass is 723 g/mol. The van der Waals surface area contributed by atoms with E-state index >= 15 is 0 Å². The highest BCUT2D eigenvalue weighted by Crippen LogP contribution is 2.50. The molecular formula is C50H53N5. The first-order valence-corrected chi connectivity index (χ1v) is 21.8. The molecule has 0 amide bonds. The van der Waals surface area contributed by atoms with Gasteiger partial charge in [0.1, 0.15) is 0 Å². The molecule has 55 heavy (non-hydrogen) atoms. The number of hydrogen-bond acceptors (Lipinski definition) is 1. The molecule has 11 aliphatic rings. The lowest BCUT2D eigenvalue weighted by atomic mass is 9.69. The zero-order valence-electron chi connectivity index (χ0n) is 32.8. The second-order valence-corrected chi connectivity index (χ2v) is 17.7. The number of aromatic amines is 4. The standard InChI is InChI=1S/C50H53N5/c1-5-31-33(7-3)49-50-34(8-4)32(6-2)36(55-50)22-38-44-26-11-15-28(16-12-26)46(44)40(52-38)24-42-48-30-19-17-29(18-20-30)47(48)41(53-42)23-39-45-27-13-9-25(10-14-27)43(45)37(51-39)21-35(31)54-49/h9,11,13,15,17,19,21-30,39,52-55H,5-8,10,12,14,16,18,20H2,1-4H3/b35-21?,36-22-,41-23-,42-24-,50-49+. The van der Waals surface area contributed by atoms with Crippen molar-refractivity contribution in [3.8, 4) is 0 Å². The van der Waals surface area contributed by atoms with E-state index in [9.17, 15) is 0 Å². The fourth-order valence-corrected chi connectivity index (χ4v) is 12.8. The molecule has 2 aliphatic heterocycles. The van der Waals surface area contributed by atoms with Gasteiger partial charge in [-0.25, -0.2) is 0 Å². The van der Waals surface area contributed by atoms with Crippen molar-refractivity contribution in [2.45, 2.75) is 122 Å². The van der Waals surface area contributed by atoms with Gasteiger partial charge >= 0.3 is 0 Å². The summed E-state index contributed by atoms with van der Waals surface area (Å²) in [7, 11) is 0. The number of H-pyrrole nitrogens is 4. The molecule has 0 saturated carbocycles. The maximum Gasteiger partial charge on any atom is 0.0933 e. The maximum atomic E-state index is 5.73. The second-order valence-electron chi connectivity index (χ2n) is 17.7. The van der Waals surface area contributed by atoms with Gasteiger partial charge in [-0.1, -0.05) is 64.2 Å². The fraction of sp³-hybridized carbons (Fsp3) is 0.420. The van der Waals surface area contributed by atoms with Gasteiger partial charge in [-0.3, -0.25) is 4.99 Å². The van der Waals surface area contributed by atoms with Gasteiger partial charge in [-0.05, 0) is 144 Å². The quantitative estimate of drug-likeness (QED) is 0.157. The molecular weight excluding hydrogens is 671 g/mol. The summed E-state index contributed by atoms with van der Waals surface area (Å²) < 4.78 is 0. The average molecular weight is 724 g/mol. The van der Waals surface area contributed by atoms with Crippen LogP contribution in [0.15, 0.2) is 52.6 Å². The molecule has 9 aliphatic carbocycles. The van der Waals surface area contributed by atoms with Crippen molar-refractivity contribution < 1.29 is 0 Å². The van der Waals surface area contributed by atoms with Crippen molar-refractivity contribution in [1.29, 1.82) is 0 Å².